The van der Waals surface area contributed by atoms with E-state index in [9.17, 15) is 0 Å². The molecule has 1 aliphatic carbocycles. The molecule has 2 N–H and O–H groups in total. The molecule has 1 aromatic carbocycles. The molecule has 1 heterocycles. The summed E-state index contributed by atoms with van der Waals surface area (Å²) in [5.74, 6) is 2.68. The lowest BCUT2D eigenvalue weighted by Gasteiger charge is -2.20. The van der Waals surface area contributed by atoms with Gasteiger partial charge >= 0.3 is 0 Å². The molecule has 0 amide bonds. The highest BCUT2D eigenvalue weighted by molar-refractivity contribution is 5.40. The molecule has 2 fully saturated rings. The van der Waals surface area contributed by atoms with Crippen molar-refractivity contribution in [3.63, 3.8) is 0 Å². The van der Waals surface area contributed by atoms with E-state index in [1.807, 2.05) is 12.1 Å². The molecule has 19 heavy (non-hydrogen) atoms. The predicted octanol–water partition coefficient (Wildman–Crippen LogP) is 3.49. The first kappa shape index (κ1) is 13.0. The molecule has 3 rings (SSSR count). The molecule has 2 aliphatic rings. The number of hydrogen-bond acceptors (Lipinski definition) is 2. The van der Waals surface area contributed by atoms with Crippen molar-refractivity contribution < 1.29 is 0 Å². The summed E-state index contributed by atoms with van der Waals surface area (Å²) in [5.41, 5.74) is 8.03. The summed E-state index contributed by atoms with van der Waals surface area (Å²) in [7, 11) is 0. The minimum Gasteiger partial charge on any atom is -0.399 e. The zero-order chi connectivity index (χ0) is 13.2. The van der Waals surface area contributed by atoms with Gasteiger partial charge in [0.15, 0.2) is 0 Å². The Bertz CT molecular complexity index is 400. The van der Waals surface area contributed by atoms with E-state index in [0.29, 0.717) is 5.92 Å². The fourth-order valence-corrected chi connectivity index (χ4v) is 3.88. The Morgan fingerprint density at radius 3 is 2.42 bits per heavy atom. The van der Waals surface area contributed by atoms with Crippen LogP contribution >= 0.6 is 0 Å². The second kappa shape index (κ2) is 5.54. The van der Waals surface area contributed by atoms with Crippen LogP contribution in [0, 0.1) is 11.8 Å². The first-order valence-electron chi connectivity index (χ1n) is 7.80. The van der Waals surface area contributed by atoms with Crippen LogP contribution in [-0.4, -0.2) is 24.5 Å². The highest BCUT2D eigenvalue weighted by Gasteiger charge is 2.35. The van der Waals surface area contributed by atoms with Gasteiger partial charge in [0.25, 0.3) is 0 Å². The Morgan fingerprint density at radius 2 is 1.79 bits per heavy atom. The van der Waals surface area contributed by atoms with Crippen LogP contribution in [0.3, 0.4) is 0 Å². The molecular formula is C17H26N2. The van der Waals surface area contributed by atoms with E-state index in [4.69, 9.17) is 5.73 Å². The van der Waals surface area contributed by atoms with Gasteiger partial charge in [-0.3, -0.25) is 0 Å². The highest BCUT2D eigenvalue weighted by atomic mass is 15.2. The van der Waals surface area contributed by atoms with E-state index >= 15 is 0 Å². The van der Waals surface area contributed by atoms with Crippen molar-refractivity contribution in [2.24, 2.45) is 11.8 Å². The largest absolute Gasteiger partial charge is 0.399 e. The number of likely N-dealkylation sites (tertiary alicyclic amines) is 1. The van der Waals surface area contributed by atoms with Gasteiger partial charge in [0.1, 0.15) is 0 Å². The second-order valence-corrected chi connectivity index (χ2v) is 6.57. The van der Waals surface area contributed by atoms with Crippen molar-refractivity contribution in [1.29, 1.82) is 0 Å². The van der Waals surface area contributed by atoms with Gasteiger partial charge in [0.2, 0.25) is 0 Å². The average Bonchev–Trinajstić information content (AvgIpc) is 2.97. The highest BCUT2D eigenvalue weighted by Crippen LogP contribution is 2.38. The molecule has 1 aliphatic heterocycles. The Labute approximate surface area is 117 Å². The number of rotatable bonds is 4. The van der Waals surface area contributed by atoms with Crippen molar-refractivity contribution >= 4 is 5.69 Å². The zero-order valence-corrected chi connectivity index (χ0v) is 12.0. The number of benzene rings is 1. The summed E-state index contributed by atoms with van der Waals surface area (Å²) in [6, 6.07) is 8.40. The molecule has 0 spiro atoms. The van der Waals surface area contributed by atoms with E-state index in [-0.39, 0.29) is 0 Å². The van der Waals surface area contributed by atoms with Crippen molar-refractivity contribution in [3.05, 3.63) is 29.8 Å². The Balaban J connectivity index is 1.48. The fourth-order valence-electron chi connectivity index (χ4n) is 3.88. The van der Waals surface area contributed by atoms with Crippen LogP contribution in [0.15, 0.2) is 24.3 Å². The number of fused-ring (bicyclic) bond motifs is 1. The second-order valence-electron chi connectivity index (χ2n) is 6.57. The van der Waals surface area contributed by atoms with Crippen molar-refractivity contribution in [3.8, 4) is 0 Å². The van der Waals surface area contributed by atoms with Gasteiger partial charge in [0.05, 0.1) is 0 Å². The van der Waals surface area contributed by atoms with Gasteiger partial charge in [-0.1, -0.05) is 25.5 Å². The summed E-state index contributed by atoms with van der Waals surface area (Å²) in [5, 5.41) is 0. The number of anilines is 1. The summed E-state index contributed by atoms with van der Waals surface area (Å²) in [6.45, 7) is 6.32. The lowest BCUT2D eigenvalue weighted by Crippen LogP contribution is -2.24. The van der Waals surface area contributed by atoms with E-state index in [1.165, 1.54) is 50.9 Å². The monoisotopic (exact) mass is 258 g/mol. The minimum atomic E-state index is 0.640. The molecule has 0 bridgehead atoms. The molecular weight excluding hydrogens is 232 g/mol. The molecule has 2 heteroatoms. The normalized spacial score (nSPS) is 28.5. The van der Waals surface area contributed by atoms with Gasteiger partial charge in [-0.2, -0.15) is 0 Å². The Hall–Kier alpha value is -1.02. The van der Waals surface area contributed by atoms with Crippen LogP contribution in [0.25, 0.3) is 0 Å². The molecule has 3 unspecified atom stereocenters. The van der Waals surface area contributed by atoms with E-state index in [1.54, 1.807) is 0 Å². The lowest BCUT2D eigenvalue weighted by molar-refractivity contribution is 0.299. The van der Waals surface area contributed by atoms with Crippen LogP contribution in [0.5, 0.6) is 0 Å². The van der Waals surface area contributed by atoms with Gasteiger partial charge in [-0.25, -0.2) is 0 Å². The summed E-state index contributed by atoms with van der Waals surface area (Å²) in [4.78, 5) is 2.70. The summed E-state index contributed by atoms with van der Waals surface area (Å²) in [6.07, 6.45) is 5.71. The topological polar surface area (TPSA) is 29.3 Å². The lowest BCUT2D eigenvalue weighted by atomic mass is 9.97. The van der Waals surface area contributed by atoms with E-state index in [2.05, 4.69) is 24.0 Å². The average molecular weight is 258 g/mol. The Kier molecular flexibility index (Phi) is 3.79. The number of hydrogen-bond donors (Lipinski definition) is 1. The molecule has 0 aromatic heterocycles. The standard InChI is InChI=1S/C17H26N2/c1-13(14-5-7-17(18)8-6-14)9-10-19-11-15-3-2-4-16(15)12-19/h5-8,13,15-16H,2-4,9-12,18H2,1H3. The van der Waals surface area contributed by atoms with Crippen LogP contribution < -0.4 is 5.73 Å². The summed E-state index contributed by atoms with van der Waals surface area (Å²) >= 11 is 0. The zero-order valence-electron chi connectivity index (χ0n) is 12.0. The minimum absolute atomic E-state index is 0.640. The van der Waals surface area contributed by atoms with Gasteiger partial charge < -0.3 is 10.6 Å². The summed E-state index contributed by atoms with van der Waals surface area (Å²) < 4.78 is 0. The molecule has 0 radical (unpaired) electrons. The third-order valence-corrected chi connectivity index (χ3v) is 5.19. The van der Waals surface area contributed by atoms with Crippen molar-refractivity contribution in [2.45, 2.75) is 38.5 Å². The van der Waals surface area contributed by atoms with E-state index < -0.39 is 0 Å². The molecule has 2 nitrogen and oxygen atoms in total. The molecule has 104 valence electrons. The third-order valence-electron chi connectivity index (χ3n) is 5.19. The van der Waals surface area contributed by atoms with Crippen molar-refractivity contribution in [2.75, 3.05) is 25.4 Å². The van der Waals surface area contributed by atoms with Crippen molar-refractivity contribution in [1.82, 2.24) is 4.90 Å². The number of nitrogens with zero attached hydrogens (tertiary/aromatic N) is 1. The predicted molar refractivity (Wildman–Crippen MR) is 81.2 cm³/mol. The van der Waals surface area contributed by atoms with Crippen LogP contribution in [-0.2, 0) is 0 Å². The number of nitrogens with two attached hydrogens (primary N) is 1. The molecule has 3 atom stereocenters. The maximum Gasteiger partial charge on any atom is 0.0314 e. The van der Waals surface area contributed by atoms with Crippen LogP contribution in [0.2, 0.25) is 0 Å². The van der Waals surface area contributed by atoms with E-state index in [0.717, 1.165) is 17.5 Å². The maximum atomic E-state index is 5.74. The van der Waals surface area contributed by atoms with Crippen LogP contribution in [0.4, 0.5) is 5.69 Å². The first-order valence-corrected chi connectivity index (χ1v) is 7.80. The third kappa shape index (κ3) is 2.94. The fraction of sp³-hybridized carbons (Fsp3) is 0.647. The molecule has 1 aromatic rings. The molecule has 1 saturated heterocycles. The first-order chi connectivity index (χ1) is 9.22. The van der Waals surface area contributed by atoms with Gasteiger partial charge in [0, 0.05) is 18.8 Å². The van der Waals surface area contributed by atoms with Gasteiger partial charge in [-0.05, 0) is 61.3 Å². The quantitative estimate of drug-likeness (QED) is 0.838. The SMILES string of the molecule is CC(CCN1CC2CCCC2C1)c1ccc(N)cc1. The smallest absolute Gasteiger partial charge is 0.0314 e. The Morgan fingerprint density at radius 1 is 1.16 bits per heavy atom. The molecule has 1 saturated carbocycles. The van der Waals surface area contributed by atoms with Gasteiger partial charge in [-0.15, -0.1) is 0 Å². The van der Waals surface area contributed by atoms with Crippen LogP contribution in [0.1, 0.15) is 44.1 Å². The number of nitrogen functional groups attached to an aromatic ring is 1. The maximum absolute atomic E-state index is 5.74.